The minimum Gasteiger partial charge on any atom is -0.302 e. The van der Waals surface area contributed by atoms with E-state index in [1.54, 1.807) is 6.08 Å². The molecule has 1 saturated carbocycles. The van der Waals surface area contributed by atoms with Crippen molar-refractivity contribution < 1.29 is 14.0 Å². The number of hydrogen-bond donors (Lipinski definition) is 1. The molecule has 1 N–H and O–H groups in total. The predicted molar refractivity (Wildman–Crippen MR) is 115 cm³/mol. The van der Waals surface area contributed by atoms with E-state index in [0.29, 0.717) is 38.0 Å². The molecule has 0 aromatic carbocycles. The van der Waals surface area contributed by atoms with E-state index in [-0.39, 0.29) is 23.7 Å². The van der Waals surface area contributed by atoms with Crippen molar-refractivity contribution in [3.63, 3.8) is 0 Å². The predicted octanol–water partition coefficient (Wildman–Crippen LogP) is 6.24. The van der Waals surface area contributed by atoms with Crippen molar-refractivity contribution >= 4 is 17.3 Å². The molecule has 3 aliphatic carbocycles. The number of carbonyl (C=O) groups excluding carboxylic acids is 2. The minimum atomic E-state index is -0.951. The zero-order valence-electron chi connectivity index (χ0n) is 17.4. The van der Waals surface area contributed by atoms with Gasteiger partial charge in [0.05, 0.1) is 5.71 Å². The van der Waals surface area contributed by atoms with Gasteiger partial charge in [0.25, 0.3) is 0 Å². The number of Topliss-reactive ketones (excluding diaryl/α,β-unsaturated/α-hetero) is 2. The third-order valence-corrected chi connectivity index (χ3v) is 6.71. The summed E-state index contributed by atoms with van der Waals surface area (Å²) < 4.78 is 13.3. The molecule has 0 saturated heterocycles. The van der Waals surface area contributed by atoms with Crippen LogP contribution in [-0.4, -0.2) is 23.4 Å². The monoisotopic (exact) mass is 399 g/mol. The topological polar surface area (TPSA) is 58.0 Å². The maximum Gasteiger partial charge on any atom is 0.176 e. The largest absolute Gasteiger partial charge is 0.302 e. The van der Waals surface area contributed by atoms with Crippen LogP contribution in [0.4, 0.5) is 4.39 Å². The average molecular weight is 400 g/mol. The van der Waals surface area contributed by atoms with Crippen LogP contribution < -0.4 is 0 Å². The summed E-state index contributed by atoms with van der Waals surface area (Å²) in [6.07, 6.45) is 17.2. The number of carbonyl (C=O) groups is 2. The second kappa shape index (κ2) is 10.8. The summed E-state index contributed by atoms with van der Waals surface area (Å²) in [6.45, 7) is 0. The van der Waals surface area contributed by atoms with E-state index >= 15 is 0 Å². The maximum atomic E-state index is 13.3. The number of ketones is 2. The van der Waals surface area contributed by atoms with Crippen molar-refractivity contribution in [2.45, 2.75) is 89.6 Å². The van der Waals surface area contributed by atoms with Crippen LogP contribution >= 0.6 is 0 Å². The second-order valence-corrected chi connectivity index (χ2v) is 8.90. The highest BCUT2D eigenvalue weighted by atomic mass is 19.1. The number of halogens is 1. The molecular formula is C25H34FNO2. The molecule has 158 valence electrons. The Morgan fingerprint density at radius 2 is 1.86 bits per heavy atom. The quantitative estimate of drug-likeness (QED) is 0.467. The lowest BCUT2D eigenvalue weighted by Gasteiger charge is -2.28. The van der Waals surface area contributed by atoms with Gasteiger partial charge in [-0.15, -0.1) is 0 Å². The zero-order chi connectivity index (χ0) is 20.6. The van der Waals surface area contributed by atoms with Crippen LogP contribution in [0.3, 0.4) is 0 Å². The molecule has 3 rings (SSSR count). The number of hydrogen-bond acceptors (Lipinski definition) is 3. The number of fused-ring (bicyclic) bond motifs is 1. The average Bonchev–Trinajstić information content (AvgIpc) is 2.94. The van der Waals surface area contributed by atoms with E-state index in [1.807, 2.05) is 6.08 Å². The molecule has 1 fully saturated rings. The molecule has 3 aliphatic rings. The third kappa shape index (κ3) is 6.58. The fourth-order valence-corrected chi connectivity index (χ4v) is 4.97. The molecule has 0 amide bonds. The van der Waals surface area contributed by atoms with Gasteiger partial charge in [-0.3, -0.25) is 9.59 Å². The van der Waals surface area contributed by atoms with Gasteiger partial charge in [-0.1, -0.05) is 42.7 Å². The summed E-state index contributed by atoms with van der Waals surface area (Å²) >= 11 is 0. The van der Waals surface area contributed by atoms with Gasteiger partial charge in [-0.05, 0) is 68.8 Å². The fraction of sp³-hybridized carbons (Fsp3) is 0.640. The van der Waals surface area contributed by atoms with Gasteiger partial charge >= 0.3 is 0 Å². The lowest BCUT2D eigenvalue weighted by atomic mass is 9.77. The van der Waals surface area contributed by atoms with Crippen LogP contribution in [0.2, 0.25) is 0 Å². The van der Waals surface area contributed by atoms with Gasteiger partial charge in [0, 0.05) is 19.3 Å². The normalized spacial score (nSPS) is 26.7. The lowest BCUT2D eigenvalue weighted by molar-refractivity contribution is -0.116. The summed E-state index contributed by atoms with van der Waals surface area (Å²) in [5.74, 6) is 1.36. The smallest absolute Gasteiger partial charge is 0.176 e. The maximum absolute atomic E-state index is 13.3. The fourth-order valence-electron chi connectivity index (χ4n) is 4.97. The molecule has 0 radical (unpaired) electrons. The Bertz CT molecular complexity index is 718. The SMILES string of the molecule is N=C(CCC1=CC=CC(F)C1)C(=O)CCCC(=O)C1=CC2CCCCC2CCC1. The van der Waals surface area contributed by atoms with E-state index in [0.717, 1.165) is 29.9 Å². The zero-order valence-corrected chi connectivity index (χ0v) is 17.4. The van der Waals surface area contributed by atoms with E-state index in [4.69, 9.17) is 5.41 Å². The molecule has 3 nitrogen and oxygen atoms in total. The van der Waals surface area contributed by atoms with Gasteiger partial charge in [0.15, 0.2) is 11.6 Å². The molecule has 29 heavy (non-hydrogen) atoms. The van der Waals surface area contributed by atoms with Crippen LogP contribution in [0, 0.1) is 17.2 Å². The van der Waals surface area contributed by atoms with Gasteiger partial charge < -0.3 is 5.41 Å². The Morgan fingerprint density at radius 1 is 1.07 bits per heavy atom. The third-order valence-electron chi connectivity index (χ3n) is 6.71. The summed E-state index contributed by atoms with van der Waals surface area (Å²) in [6, 6.07) is 0. The van der Waals surface area contributed by atoms with Crippen LogP contribution in [-0.2, 0) is 9.59 Å². The number of rotatable bonds is 9. The first-order chi connectivity index (χ1) is 14.0. The Morgan fingerprint density at radius 3 is 2.69 bits per heavy atom. The molecule has 3 unspecified atom stereocenters. The van der Waals surface area contributed by atoms with Crippen molar-refractivity contribution in [2.75, 3.05) is 0 Å². The first kappa shape index (κ1) is 21.9. The van der Waals surface area contributed by atoms with Crippen LogP contribution in [0.25, 0.3) is 0 Å². The molecule has 0 bridgehead atoms. The lowest BCUT2D eigenvalue weighted by Crippen LogP contribution is -2.17. The van der Waals surface area contributed by atoms with Crippen LogP contribution in [0.1, 0.15) is 83.5 Å². The van der Waals surface area contributed by atoms with Gasteiger partial charge in [0.1, 0.15) is 6.17 Å². The highest BCUT2D eigenvalue weighted by Gasteiger charge is 2.27. The highest BCUT2D eigenvalue weighted by Crippen LogP contribution is 2.38. The van der Waals surface area contributed by atoms with E-state index in [2.05, 4.69) is 6.08 Å². The summed E-state index contributed by atoms with van der Waals surface area (Å²) in [7, 11) is 0. The Balaban J connectivity index is 1.39. The molecule has 0 aliphatic heterocycles. The molecule has 0 spiro atoms. The van der Waals surface area contributed by atoms with Crippen molar-refractivity contribution in [2.24, 2.45) is 11.8 Å². The van der Waals surface area contributed by atoms with Crippen molar-refractivity contribution in [3.05, 3.63) is 35.5 Å². The summed E-state index contributed by atoms with van der Waals surface area (Å²) in [4.78, 5) is 24.9. The van der Waals surface area contributed by atoms with E-state index < -0.39 is 6.17 Å². The van der Waals surface area contributed by atoms with Crippen LogP contribution in [0.5, 0.6) is 0 Å². The van der Waals surface area contributed by atoms with Crippen molar-refractivity contribution in [1.29, 1.82) is 5.41 Å². The molecular weight excluding hydrogens is 365 g/mol. The molecule has 4 heteroatoms. The highest BCUT2D eigenvalue weighted by molar-refractivity contribution is 6.38. The van der Waals surface area contributed by atoms with E-state index in [1.165, 1.54) is 38.2 Å². The Hall–Kier alpha value is -1.84. The van der Waals surface area contributed by atoms with Crippen molar-refractivity contribution in [3.8, 4) is 0 Å². The number of nitrogens with one attached hydrogen (secondary N) is 1. The standard InChI is InChI=1S/C25H34FNO2/c26-22-11-3-6-18(16-22)14-15-23(27)25(29)13-5-12-24(28)21-10-4-9-19-7-1-2-8-20(19)17-21/h3,6,11,17,19-20,22,27H,1-2,4-5,7-10,12-16H2. The number of alkyl halides is 1. The first-order valence-electron chi connectivity index (χ1n) is 11.4. The molecule has 0 aromatic rings. The van der Waals surface area contributed by atoms with Gasteiger partial charge in [-0.25, -0.2) is 4.39 Å². The van der Waals surface area contributed by atoms with Gasteiger partial charge in [-0.2, -0.15) is 0 Å². The van der Waals surface area contributed by atoms with Crippen molar-refractivity contribution in [1.82, 2.24) is 0 Å². The summed E-state index contributed by atoms with van der Waals surface area (Å²) in [5, 5.41) is 7.99. The molecule has 0 heterocycles. The van der Waals surface area contributed by atoms with Crippen LogP contribution in [0.15, 0.2) is 35.5 Å². The van der Waals surface area contributed by atoms with E-state index in [9.17, 15) is 14.0 Å². The minimum absolute atomic E-state index is 0.0991. The second-order valence-electron chi connectivity index (χ2n) is 8.90. The molecule has 0 aromatic heterocycles. The molecule has 3 atom stereocenters. The Kier molecular flexibility index (Phi) is 8.14. The van der Waals surface area contributed by atoms with Gasteiger partial charge in [0.2, 0.25) is 0 Å². The summed E-state index contributed by atoms with van der Waals surface area (Å²) in [5.41, 5.74) is 2.04. The Labute approximate surface area is 174 Å². The number of allylic oxidation sites excluding steroid dienone is 6. The first-order valence-corrected chi connectivity index (χ1v) is 11.4.